The van der Waals surface area contributed by atoms with Gasteiger partial charge in [0.15, 0.2) is 0 Å². The Balaban J connectivity index is 1.70. The SMILES string of the molecule is COc1ccc(CN2C(=O)c3c(c(Cl)cc4nccn34)C2c2cc(F)ccc2Cl)cc1. The molecule has 1 aliphatic rings. The van der Waals surface area contributed by atoms with E-state index >= 15 is 0 Å². The highest BCUT2D eigenvalue weighted by molar-refractivity contribution is 6.33. The number of ether oxygens (including phenoxy) is 1. The maximum Gasteiger partial charge on any atom is 0.272 e. The van der Waals surface area contributed by atoms with E-state index in [-0.39, 0.29) is 12.5 Å². The molecular formula is C23H16Cl2FN3O2. The number of hydrogen-bond donors (Lipinski definition) is 0. The van der Waals surface area contributed by atoms with Gasteiger partial charge >= 0.3 is 0 Å². The van der Waals surface area contributed by atoms with E-state index in [2.05, 4.69) is 4.98 Å². The lowest BCUT2D eigenvalue weighted by Gasteiger charge is -2.27. The summed E-state index contributed by atoms with van der Waals surface area (Å²) in [7, 11) is 1.59. The number of nitrogens with zero attached hydrogens (tertiary/aromatic N) is 3. The Morgan fingerprint density at radius 3 is 2.61 bits per heavy atom. The molecule has 156 valence electrons. The molecule has 4 aromatic rings. The van der Waals surface area contributed by atoms with Crippen molar-refractivity contribution in [2.45, 2.75) is 12.6 Å². The van der Waals surface area contributed by atoms with Gasteiger partial charge < -0.3 is 9.64 Å². The lowest BCUT2D eigenvalue weighted by Crippen LogP contribution is -2.29. The summed E-state index contributed by atoms with van der Waals surface area (Å²) in [6.07, 6.45) is 3.32. The van der Waals surface area contributed by atoms with Crippen LogP contribution in [0.15, 0.2) is 60.9 Å². The molecule has 1 atom stereocenters. The average Bonchev–Trinajstić information content (AvgIpc) is 3.33. The number of carbonyl (C=O) groups excluding carboxylic acids is 1. The molecule has 2 aromatic heterocycles. The second-order valence-electron chi connectivity index (χ2n) is 7.26. The summed E-state index contributed by atoms with van der Waals surface area (Å²) in [5, 5.41) is 0.734. The predicted molar refractivity (Wildman–Crippen MR) is 116 cm³/mol. The van der Waals surface area contributed by atoms with Gasteiger partial charge in [0.2, 0.25) is 0 Å². The standard InChI is InChI=1S/C23H16Cl2FN3O2/c1-31-15-5-2-13(3-6-15)12-29-21(16-10-14(26)4-7-17(16)24)20-18(25)11-19-27-8-9-28(19)22(20)23(29)30/h2-11,21H,12H2,1H3. The van der Waals surface area contributed by atoms with Crippen molar-refractivity contribution in [1.29, 1.82) is 0 Å². The van der Waals surface area contributed by atoms with Crippen molar-refractivity contribution in [3.8, 4) is 5.75 Å². The van der Waals surface area contributed by atoms with Crippen LogP contribution in [0.5, 0.6) is 5.75 Å². The van der Waals surface area contributed by atoms with Gasteiger partial charge in [-0.1, -0.05) is 35.3 Å². The van der Waals surface area contributed by atoms with Crippen molar-refractivity contribution in [3.05, 3.63) is 99.2 Å². The molecule has 0 aliphatic carbocycles. The van der Waals surface area contributed by atoms with E-state index in [1.165, 1.54) is 18.2 Å². The zero-order chi connectivity index (χ0) is 21.7. The summed E-state index contributed by atoms with van der Waals surface area (Å²) >= 11 is 13.1. The topological polar surface area (TPSA) is 46.8 Å². The molecule has 8 heteroatoms. The summed E-state index contributed by atoms with van der Waals surface area (Å²) in [4.78, 5) is 19.5. The van der Waals surface area contributed by atoms with Crippen LogP contribution in [-0.2, 0) is 6.54 Å². The van der Waals surface area contributed by atoms with Crippen molar-refractivity contribution in [1.82, 2.24) is 14.3 Å². The normalized spacial score (nSPS) is 15.5. The molecular weight excluding hydrogens is 440 g/mol. The van der Waals surface area contributed by atoms with Crippen LogP contribution in [0.25, 0.3) is 5.65 Å². The first-order valence-corrected chi connectivity index (χ1v) is 10.3. The molecule has 0 N–H and O–H groups in total. The number of carbonyl (C=O) groups is 1. The van der Waals surface area contributed by atoms with Crippen molar-refractivity contribution in [2.24, 2.45) is 0 Å². The van der Waals surface area contributed by atoms with Gasteiger partial charge in [-0.25, -0.2) is 9.37 Å². The number of fused-ring (bicyclic) bond motifs is 3. The lowest BCUT2D eigenvalue weighted by atomic mass is 9.99. The fourth-order valence-electron chi connectivity index (χ4n) is 4.07. The van der Waals surface area contributed by atoms with Crippen LogP contribution in [0, 0.1) is 5.82 Å². The van der Waals surface area contributed by atoms with Crippen LogP contribution in [-0.4, -0.2) is 27.3 Å². The lowest BCUT2D eigenvalue weighted by molar-refractivity contribution is 0.0730. The number of rotatable bonds is 4. The van der Waals surface area contributed by atoms with Crippen LogP contribution in [0.3, 0.4) is 0 Å². The summed E-state index contributed by atoms with van der Waals surface area (Å²) < 4.78 is 21.1. The quantitative estimate of drug-likeness (QED) is 0.406. The van der Waals surface area contributed by atoms with Crippen LogP contribution in [0.1, 0.15) is 33.2 Å². The number of pyridine rings is 1. The molecule has 0 spiro atoms. The number of hydrogen-bond acceptors (Lipinski definition) is 3. The number of methoxy groups -OCH3 is 1. The minimum atomic E-state index is -0.646. The van der Waals surface area contributed by atoms with E-state index < -0.39 is 11.9 Å². The molecule has 5 nitrogen and oxygen atoms in total. The molecule has 0 saturated heterocycles. The molecule has 0 fully saturated rings. The van der Waals surface area contributed by atoms with E-state index in [1.54, 1.807) is 34.9 Å². The zero-order valence-corrected chi connectivity index (χ0v) is 17.9. The summed E-state index contributed by atoms with van der Waals surface area (Å²) in [5.41, 5.74) is 2.91. The molecule has 31 heavy (non-hydrogen) atoms. The Morgan fingerprint density at radius 2 is 1.87 bits per heavy atom. The molecule has 0 radical (unpaired) electrons. The summed E-state index contributed by atoms with van der Waals surface area (Å²) in [6, 6.07) is 12.6. The molecule has 2 aromatic carbocycles. The molecule has 1 amide bonds. The number of aromatic nitrogens is 2. The van der Waals surface area contributed by atoms with E-state index in [4.69, 9.17) is 27.9 Å². The summed E-state index contributed by atoms with van der Waals surface area (Å²) in [6.45, 7) is 0.279. The van der Waals surface area contributed by atoms with Gasteiger partial charge in [-0.15, -0.1) is 0 Å². The van der Waals surface area contributed by atoms with Crippen molar-refractivity contribution in [3.63, 3.8) is 0 Å². The highest BCUT2D eigenvalue weighted by Crippen LogP contribution is 2.45. The zero-order valence-electron chi connectivity index (χ0n) is 16.3. The van der Waals surface area contributed by atoms with Crippen LogP contribution < -0.4 is 4.74 Å². The van der Waals surface area contributed by atoms with Crippen molar-refractivity contribution in [2.75, 3.05) is 7.11 Å². The fraction of sp³-hybridized carbons (Fsp3) is 0.130. The Labute approximate surface area is 187 Å². The largest absolute Gasteiger partial charge is 0.497 e. The Hall–Kier alpha value is -3.09. The number of halogens is 3. The second-order valence-corrected chi connectivity index (χ2v) is 8.07. The van der Waals surface area contributed by atoms with Gasteiger partial charge in [-0.05, 0) is 35.9 Å². The van der Waals surface area contributed by atoms with Crippen LogP contribution >= 0.6 is 23.2 Å². The third-order valence-corrected chi connectivity index (χ3v) is 6.15. The van der Waals surface area contributed by atoms with Gasteiger partial charge in [0, 0.05) is 41.2 Å². The van der Waals surface area contributed by atoms with Crippen molar-refractivity contribution < 1.29 is 13.9 Å². The van der Waals surface area contributed by atoms with Gasteiger partial charge in [0.1, 0.15) is 22.9 Å². The first kappa shape index (κ1) is 19.8. The Kier molecular flexibility index (Phi) is 4.84. The Morgan fingerprint density at radius 1 is 1.10 bits per heavy atom. The highest BCUT2D eigenvalue weighted by Gasteiger charge is 2.42. The monoisotopic (exact) mass is 455 g/mol. The van der Waals surface area contributed by atoms with Crippen LogP contribution in [0.2, 0.25) is 10.0 Å². The number of imidazole rings is 1. The van der Waals surface area contributed by atoms with E-state index in [0.717, 1.165) is 5.56 Å². The maximum absolute atomic E-state index is 14.2. The van der Waals surface area contributed by atoms with Gasteiger partial charge in [0.05, 0.1) is 18.2 Å². The third-order valence-electron chi connectivity index (χ3n) is 5.49. The van der Waals surface area contributed by atoms with Gasteiger partial charge in [-0.2, -0.15) is 0 Å². The predicted octanol–water partition coefficient (Wildman–Crippen LogP) is 5.53. The second kappa shape index (κ2) is 7.55. The first-order chi connectivity index (χ1) is 15.0. The summed E-state index contributed by atoms with van der Waals surface area (Å²) in [5.74, 6) is 0.0406. The molecule has 1 aliphatic heterocycles. The number of amides is 1. The first-order valence-electron chi connectivity index (χ1n) is 9.52. The van der Waals surface area contributed by atoms with E-state index in [9.17, 15) is 9.18 Å². The van der Waals surface area contributed by atoms with Crippen LogP contribution in [0.4, 0.5) is 4.39 Å². The number of benzene rings is 2. The minimum absolute atomic E-state index is 0.235. The molecule has 3 heterocycles. The molecule has 1 unspecified atom stereocenters. The smallest absolute Gasteiger partial charge is 0.272 e. The highest BCUT2D eigenvalue weighted by atomic mass is 35.5. The fourth-order valence-corrected chi connectivity index (χ4v) is 4.58. The maximum atomic E-state index is 14.2. The average molecular weight is 456 g/mol. The Bertz CT molecular complexity index is 1320. The van der Waals surface area contributed by atoms with E-state index in [1.807, 2.05) is 24.3 Å². The molecule has 5 rings (SSSR count). The molecule has 0 saturated carbocycles. The third kappa shape index (κ3) is 3.23. The van der Waals surface area contributed by atoms with Crippen molar-refractivity contribution >= 4 is 34.8 Å². The van der Waals surface area contributed by atoms with Gasteiger partial charge in [-0.3, -0.25) is 9.20 Å². The van der Waals surface area contributed by atoms with E-state index in [0.29, 0.717) is 38.3 Å². The molecule has 0 bridgehead atoms. The van der Waals surface area contributed by atoms with Gasteiger partial charge in [0.25, 0.3) is 5.91 Å². The minimum Gasteiger partial charge on any atom is -0.497 e.